The molecular formula is C25H34Cl2N2O2. The van der Waals surface area contributed by atoms with Crippen LogP contribution in [0.4, 0.5) is 0 Å². The summed E-state index contributed by atoms with van der Waals surface area (Å²) in [5.41, 5.74) is 2.14. The SMILES string of the molecule is C[C@@H]1CCCC[C@H]1NC(=O)[C@H](c1ccc(Cl)cc1)N(CCC1=CCCCC1)C(=O)CCl. The van der Waals surface area contributed by atoms with Crippen LogP contribution in [0.5, 0.6) is 0 Å². The number of hydrogen-bond donors (Lipinski definition) is 1. The van der Waals surface area contributed by atoms with Crippen LogP contribution in [-0.4, -0.2) is 35.2 Å². The van der Waals surface area contributed by atoms with E-state index in [1.54, 1.807) is 17.0 Å². The van der Waals surface area contributed by atoms with Crippen molar-refractivity contribution in [3.05, 3.63) is 46.5 Å². The first-order valence-electron chi connectivity index (χ1n) is 11.6. The van der Waals surface area contributed by atoms with E-state index in [2.05, 4.69) is 18.3 Å². The maximum Gasteiger partial charge on any atom is 0.247 e. The number of benzene rings is 1. The summed E-state index contributed by atoms with van der Waals surface area (Å²) in [5.74, 6) is -0.0499. The van der Waals surface area contributed by atoms with Gasteiger partial charge in [0.25, 0.3) is 0 Å². The van der Waals surface area contributed by atoms with Crippen molar-refractivity contribution in [3.63, 3.8) is 0 Å². The van der Waals surface area contributed by atoms with Gasteiger partial charge in [-0.3, -0.25) is 9.59 Å². The van der Waals surface area contributed by atoms with Gasteiger partial charge in [-0.05, 0) is 68.6 Å². The molecule has 0 unspecified atom stereocenters. The molecule has 31 heavy (non-hydrogen) atoms. The average Bonchev–Trinajstić information content (AvgIpc) is 2.79. The summed E-state index contributed by atoms with van der Waals surface area (Å²) in [6.07, 6.45) is 12.1. The molecular weight excluding hydrogens is 431 g/mol. The smallest absolute Gasteiger partial charge is 0.247 e. The third-order valence-corrected chi connectivity index (χ3v) is 7.16. The highest BCUT2D eigenvalue weighted by molar-refractivity contribution is 6.30. The molecule has 0 heterocycles. The van der Waals surface area contributed by atoms with Gasteiger partial charge in [0.1, 0.15) is 11.9 Å². The largest absolute Gasteiger partial charge is 0.351 e. The lowest BCUT2D eigenvalue weighted by Crippen LogP contribution is -2.49. The normalized spacial score (nSPS) is 22.4. The second-order valence-corrected chi connectivity index (χ2v) is 9.61. The number of nitrogens with zero attached hydrogens (tertiary/aromatic N) is 1. The Morgan fingerprint density at radius 1 is 1.13 bits per heavy atom. The Labute approximate surface area is 196 Å². The fraction of sp³-hybridized carbons (Fsp3) is 0.600. The van der Waals surface area contributed by atoms with Crippen LogP contribution in [0.3, 0.4) is 0 Å². The first-order chi connectivity index (χ1) is 15.0. The Balaban J connectivity index is 1.85. The highest BCUT2D eigenvalue weighted by atomic mass is 35.5. The van der Waals surface area contributed by atoms with E-state index in [1.165, 1.54) is 24.8 Å². The molecule has 1 aromatic carbocycles. The molecule has 0 aromatic heterocycles. The molecule has 1 fully saturated rings. The number of allylic oxidation sites excluding steroid dienone is 1. The molecule has 1 N–H and O–H groups in total. The van der Waals surface area contributed by atoms with E-state index >= 15 is 0 Å². The Kier molecular flexibility index (Phi) is 9.28. The van der Waals surface area contributed by atoms with Crippen LogP contribution in [-0.2, 0) is 9.59 Å². The molecule has 6 heteroatoms. The first-order valence-corrected chi connectivity index (χ1v) is 12.5. The van der Waals surface area contributed by atoms with Crippen molar-refractivity contribution in [2.45, 2.75) is 76.8 Å². The van der Waals surface area contributed by atoms with Crippen LogP contribution in [0.2, 0.25) is 5.02 Å². The van der Waals surface area contributed by atoms with E-state index in [4.69, 9.17) is 23.2 Å². The van der Waals surface area contributed by atoms with Crippen molar-refractivity contribution < 1.29 is 9.59 Å². The van der Waals surface area contributed by atoms with Gasteiger partial charge < -0.3 is 10.2 Å². The van der Waals surface area contributed by atoms with E-state index in [0.29, 0.717) is 17.5 Å². The lowest BCUT2D eigenvalue weighted by Gasteiger charge is -2.35. The van der Waals surface area contributed by atoms with Gasteiger partial charge in [-0.25, -0.2) is 0 Å². The van der Waals surface area contributed by atoms with Gasteiger partial charge >= 0.3 is 0 Å². The van der Waals surface area contributed by atoms with E-state index < -0.39 is 6.04 Å². The zero-order valence-electron chi connectivity index (χ0n) is 18.4. The number of alkyl halides is 1. The molecule has 0 radical (unpaired) electrons. The maximum atomic E-state index is 13.6. The lowest BCUT2D eigenvalue weighted by atomic mass is 9.85. The second kappa shape index (κ2) is 11.9. The Hall–Kier alpha value is -1.52. The molecule has 2 aliphatic rings. The minimum absolute atomic E-state index is 0.128. The molecule has 0 spiro atoms. The van der Waals surface area contributed by atoms with Crippen LogP contribution < -0.4 is 5.32 Å². The highest BCUT2D eigenvalue weighted by Crippen LogP contribution is 2.29. The zero-order valence-corrected chi connectivity index (χ0v) is 19.9. The lowest BCUT2D eigenvalue weighted by molar-refractivity contribution is -0.139. The number of carbonyl (C=O) groups is 2. The summed E-state index contributed by atoms with van der Waals surface area (Å²) in [4.78, 5) is 28.1. The predicted molar refractivity (Wildman–Crippen MR) is 127 cm³/mol. The standard InChI is InChI=1S/C25H34Cl2N2O2/c1-18-7-5-6-10-22(18)28-25(31)24(20-11-13-21(27)14-12-20)29(23(30)17-26)16-15-19-8-3-2-4-9-19/h8,11-14,18,22,24H,2-7,9-10,15-17H2,1H3,(H,28,31)/t18-,22-,24+/m1/s1. The monoisotopic (exact) mass is 464 g/mol. The zero-order chi connectivity index (χ0) is 22.2. The molecule has 1 aromatic rings. The summed E-state index contributed by atoms with van der Waals surface area (Å²) >= 11 is 12.1. The van der Waals surface area contributed by atoms with Crippen molar-refractivity contribution in [1.29, 1.82) is 0 Å². The summed E-state index contributed by atoms with van der Waals surface area (Å²) in [6.45, 7) is 2.68. The number of halogens is 2. The fourth-order valence-corrected chi connectivity index (χ4v) is 5.06. The van der Waals surface area contributed by atoms with Crippen molar-refractivity contribution in [3.8, 4) is 0 Å². The van der Waals surface area contributed by atoms with Gasteiger partial charge in [0.15, 0.2) is 0 Å². The van der Waals surface area contributed by atoms with Crippen molar-refractivity contribution in [2.24, 2.45) is 5.92 Å². The minimum atomic E-state index is -0.707. The van der Waals surface area contributed by atoms with Gasteiger partial charge in [0, 0.05) is 17.6 Å². The van der Waals surface area contributed by atoms with Gasteiger partial charge in [-0.15, -0.1) is 11.6 Å². The molecule has 3 rings (SSSR count). The number of rotatable bonds is 8. The molecule has 0 saturated heterocycles. The van der Waals surface area contributed by atoms with Crippen LogP contribution in [0.1, 0.15) is 76.3 Å². The fourth-order valence-electron chi connectivity index (χ4n) is 4.78. The minimum Gasteiger partial charge on any atom is -0.351 e. The molecule has 2 amide bonds. The van der Waals surface area contributed by atoms with Gasteiger partial charge in [-0.1, -0.05) is 55.1 Å². The van der Waals surface area contributed by atoms with Crippen molar-refractivity contribution in [1.82, 2.24) is 10.2 Å². The van der Waals surface area contributed by atoms with Crippen LogP contribution in [0.25, 0.3) is 0 Å². The number of amides is 2. The van der Waals surface area contributed by atoms with Crippen LogP contribution in [0, 0.1) is 5.92 Å². The second-order valence-electron chi connectivity index (χ2n) is 8.91. The van der Waals surface area contributed by atoms with Crippen molar-refractivity contribution in [2.75, 3.05) is 12.4 Å². The molecule has 3 atom stereocenters. The maximum absolute atomic E-state index is 13.6. The summed E-state index contributed by atoms with van der Waals surface area (Å²) in [7, 11) is 0. The average molecular weight is 465 g/mol. The highest BCUT2D eigenvalue weighted by Gasteiger charge is 2.33. The summed E-state index contributed by atoms with van der Waals surface area (Å²) < 4.78 is 0. The molecule has 1 saturated carbocycles. The topological polar surface area (TPSA) is 49.4 Å². The third kappa shape index (κ3) is 6.73. The third-order valence-electron chi connectivity index (χ3n) is 6.68. The van der Waals surface area contributed by atoms with Gasteiger partial charge in [0.2, 0.25) is 11.8 Å². The molecule has 4 nitrogen and oxygen atoms in total. The summed E-state index contributed by atoms with van der Waals surface area (Å²) in [5, 5.41) is 3.86. The molecule has 2 aliphatic carbocycles. The van der Waals surface area contributed by atoms with E-state index in [-0.39, 0.29) is 23.7 Å². The first kappa shape index (κ1) is 24.1. The predicted octanol–water partition coefficient (Wildman–Crippen LogP) is 6.03. The Morgan fingerprint density at radius 2 is 1.87 bits per heavy atom. The number of carbonyl (C=O) groups excluding carboxylic acids is 2. The Bertz CT molecular complexity index is 778. The van der Waals surface area contributed by atoms with Gasteiger partial charge in [-0.2, -0.15) is 0 Å². The molecule has 0 aliphatic heterocycles. The van der Waals surface area contributed by atoms with E-state index in [0.717, 1.165) is 44.1 Å². The van der Waals surface area contributed by atoms with E-state index in [9.17, 15) is 9.59 Å². The number of nitrogens with one attached hydrogen (secondary N) is 1. The van der Waals surface area contributed by atoms with Crippen molar-refractivity contribution >= 4 is 35.0 Å². The molecule has 0 bridgehead atoms. The van der Waals surface area contributed by atoms with Crippen LogP contribution in [0.15, 0.2) is 35.9 Å². The summed E-state index contributed by atoms with van der Waals surface area (Å²) in [6, 6.07) is 6.66. The number of hydrogen-bond acceptors (Lipinski definition) is 2. The van der Waals surface area contributed by atoms with E-state index in [1.807, 2.05) is 12.1 Å². The van der Waals surface area contributed by atoms with Gasteiger partial charge in [0.05, 0.1) is 0 Å². The van der Waals surface area contributed by atoms with Crippen LogP contribution >= 0.6 is 23.2 Å². The Morgan fingerprint density at radius 3 is 2.52 bits per heavy atom. The quantitative estimate of drug-likeness (QED) is 0.376. The molecule has 170 valence electrons.